The van der Waals surface area contributed by atoms with Crippen molar-refractivity contribution < 1.29 is 0 Å². The van der Waals surface area contributed by atoms with Crippen LogP contribution in [0.4, 0.5) is 5.00 Å². The minimum absolute atomic E-state index is 0.425. The fraction of sp³-hybridized carbons (Fsp3) is 0.667. The maximum Gasteiger partial charge on any atom is 0.187 e. The third-order valence-electron chi connectivity index (χ3n) is 4.60. The molecule has 0 saturated heterocycles. The molecule has 1 heterocycles. The molecule has 0 aromatic carbocycles. The Morgan fingerprint density at radius 3 is 2.77 bits per heavy atom. The first-order valence-corrected chi connectivity index (χ1v) is 8.91. The fourth-order valence-electron chi connectivity index (χ4n) is 3.00. The molecule has 3 atom stereocenters. The Hall–Kier alpha value is -1.21. The Labute approximate surface area is 141 Å². The van der Waals surface area contributed by atoms with Gasteiger partial charge in [-0.05, 0) is 55.9 Å². The maximum atomic E-state index is 5.93. The van der Waals surface area contributed by atoms with E-state index in [0.717, 1.165) is 29.3 Å². The molecule has 0 spiro atoms. The van der Waals surface area contributed by atoms with Crippen molar-refractivity contribution in [2.24, 2.45) is 16.9 Å². The molecule has 0 radical (unpaired) electrons. The molecule has 2 rings (SSSR count). The second-order valence-corrected chi connectivity index (χ2v) is 7.38. The lowest BCUT2D eigenvalue weighted by molar-refractivity contribution is 0.224. The van der Waals surface area contributed by atoms with E-state index in [4.69, 9.17) is 18.0 Å². The number of anilines is 1. The Balaban J connectivity index is 1.93. The first-order valence-electron chi connectivity index (χ1n) is 7.73. The van der Waals surface area contributed by atoms with Crippen molar-refractivity contribution in [2.75, 3.05) is 5.73 Å². The molecule has 0 bridgehead atoms. The molecule has 4 N–H and O–H groups in total. The van der Waals surface area contributed by atoms with Gasteiger partial charge < -0.3 is 11.1 Å². The van der Waals surface area contributed by atoms with Crippen molar-refractivity contribution >= 4 is 39.6 Å². The molecule has 0 aliphatic heterocycles. The largest absolute Gasteiger partial charge is 0.389 e. The van der Waals surface area contributed by atoms with Gasteiger partial charge in [-0.25, -0.2) is 0 Å². The van der Waals surface area contributed by atoms with Crippen molar-refractivity contribution in [3.05, 3.63) is 11.3 Å². The Morgan fingerprint density at radius 1 is 1.41 bits per heavy atom. The number of rotatable bonds is 3. The van der Waals surface area contributed by atoms with E-state index in [1.807, 2.05) is 13.8 Å². The minimum atomic E-state index is 0.425. The molecule has 122 valence electrons. The van der Waals surface area contributed by atoms with Gasteiger partial charge in [0.1, 0.15) is 5.00 Å². The van der Waals surface area contributed by atoms with Crippen molar-refractivity contribution in [2.45, 2.75) is 53.0 Å². The summed E-state index contributed by atoms with van der Waals surface area (Å²) in [5.41, 5.74) is 11.5. The summed E-state index contributed by atoms with van der Waals surface area (Å²) in [5, 5.41) is 9.01. The van der Waals surface area contributed by atoms with Crippen LogP contribution >= 0.6 is 23.8 Å². The van der Waals surface area contributed by atoms with Gasteiger partial charge in [-0.3, -0.25) is 5.43 Å². The van der Waals surface area contributed by atoms with Crippen LogP contribution in [0.25, 0.3) is 0 Å². The van der Waals surface area contributed by atoms with Crippen LogP contribution in [0.5, 0.6) is 0 Å². The van der Waals surface area contributed by atoms with E-state index in [-0.39, 0.29) is 0 Å². The summed E-state index contributed by atoms with van der Waals surface area (Å²) in [6, 6.07) is 0.425. The second-order valence-electron chi connectivity index (χ2n) is 6.16. The van der Waals surface area contributed by atoms with Crippen LogP contribution in [0.3, 0.4) is 0 Å². The summed E-state index contributed by atoms with van der Waals surface area (Å²) < 4.78 is 4.24. The number of nitrogen functional groups attached to an aromatic ring is 1. The van der Waals surface area contributed by atoms with Gasteiger partial charge in [0, 0.05) is 6.04 Å². The van der Waals surface area contributed by atoms with E-state index in [0.29, 0.717) is 22.1 Å². The van der Waals surface area contributed by atoms with Crippen LogP contribution in [-0.4, -0.2) is 21.2 Å². The van der Waals surface area contributed by atoms with E-state index < -0.39 is 0 Å². The minimum Gasteiger partial charge on any atom is -0.389 e. The normalized spacial score (nSPS) is 25.8. The zero-order valence-electron chi connectivity index (χ0n) is 13.6. The summed E-state index contributed by atoms with van der Waals surface area (Å²) in [5.74, 6) is 1.36. The van der Waals surface area contributed by atoms with Crippen LogP contribution in [-0.2, 0) is 0 Å². The summed E-state index contributed by atoms with van der Waals surface area (Å²) in [6.07, 6.45) is 3.72. The Kier molecular flexibility index (Phi) is 5.74. The standard InChI is InChI=1S/C15H25N5S2/c1-8-6-5-7-12(9(8)2)17-15(21)19-18-10(3)13-11(4)20-22-14(13)16/h8-9,12H,5-7,16H2,1-4H3,(H2,17,19,21)/b18-10-/t8-,9+,12+/m1/s1. The molecule has 0 unspecified atom stereocenters. The molecule has 1 aromatic heterocycles. The predicted molar refractivity (Wildman–Crippen MR) is 98.3 cm³/mol. The van der Waals surface area contributed by atoms with Crippen LogP contribution in [0.15, 0.2) is 5.10 Å². The molecule has 1 fully saturated rings. The molecule has 1 aliphatic carbocycles. The van der Waals surface area contributed by atoms with Gasteiger partial charge in [-0.1, -0.05) is 26.7 Å². The molecule has 5 nitrogen and oxygen atoms in total. The summed E-state index contributed by atoms with van der Waals surface area (Å²) >= 11 is 6.66. The average molecular weight is 340 g/mol. The zero-order valence-corrected chi connectivity index (χ0v) is 15.3. The fourth-order valence-corrected chi connectivity index (χ4v) is 3.91. The number of nitrogens with one attached hydrogen (secondary N) is 2. The van der Waals surface area contributed by atoms with Gasteiger partial charge in [0.05, 0.1) is 17.0 Å². The first-order chi connectivity index (χ1) is 10.4. The molecule has 7 heteroatoms. The van der Waals surface area contributed by atoms with Crippen LogP contribution < -0.4 is 16.5 Å². The Morgan fingerprint density at radius 2 is 2.14 bits per heavy atom. The third kappa shape index (κ3) is 3.95. The highest BCUT2D eigenvalue weighted by molar-refractivity contribution is 7.80. The van der Waals surface area contributed by atoms with Gasteiger partial charge in [0.15, 0.2) is 5.11 Å². The number of thiocarbonyl (C=S) groups is 1. The highest BCUT2D eigenvalue weighted by atomic mass is 32.1. The lowest BCUT2D eigenvalue weighted by Gasteiger charge is -2.35. The number of hydrogen-bond donors (Lipinski definition) is 3. The van der Waals surface area contributed by atoms with Crippen molar-refractivity contribution in [1.82, 2.24) is 15.1 Å². The van der Waals surface area contributed by atoms with Crippen molar-refractivity contribution in [3.63, 3.8) is 0 Å². The number of nitrogens with two attached hydrogens (primary N) is 1. The highest BCUT2D eigenvalue weighted by Crippen LogP contribution is 2.29. The summed E-state index contributed by atoms with van der Waals surface area (Å²) in [4.78, 5) is 0. The zero-order chi connectivity index (χ0) is 16.3. The third-order valence-corrected chi connectivity index (χ3v) is 5.57. The molecule has 1 saturated carbocycles. The van der Waals surface area contributed by atoms with Crippen LogP contribution in [0, 0.1) is 18.8 Å². The molecule has 22 heavy (non-hydrogen) atoms. The molecular formula is C15H25N5S2. The summed E-state index contributed by atoms with van der Waals surface area (Å²) in [7, 11) is 0. The maximum absolute atomic E-state index is 5.93. The molecular weight excluding hydrogens is 314 g/mol. The van der Waals surface area contributed by atoms with Crippen molar-refractivity contribution in [1.29, 1.82) is 0 Å². The lowest BCUT2D eigenvalue weighted by Crippen LogP contribution is -2.46. The van der Waals surface area contributed by atoms with Gasteiger partial charge >= 0.3 is 0 Å². The van der Waals surface area contributed by atoms with E-state index in [1.165, 1.54) is 24.4 Å². The van der Waals surface area contributed by atoms with Gasteiger partial charge in [0.2, 0.25) is 0 Å². The van der Waals surface area contributed by atoms with Crippen molar-refractivity contribution in [3.8, 4) is 0 Å². The average Bonchev–Trinajstić information content (AvgIpc) is 2.81. The number of nitrogens with zero attached hydrogens (tertiary/aromatic N) is 2. The SMILES string of the molecule is C/C(=N/NC(=S)N[C@H]1CCC[C@@H](C)[C@@H]1C)c1c(C)nsc1N. The monoisotopic (exact) mass is 339 g/mol. The van der Waals surface area contributed by atoms with Gasteiger partial charge in [0.25, 0.3) is 0 Å². The van der Waals surface area contributed by atoms with E-state index in [2.05, 4.69) is 34.1 Å². The van der Waals surface area contributed by atoms with Gasteiger partial charge in [-0.15, -0.1) is 0 Å². The topological polar surface area (TPSA) is 75.3 Å². The summed E-state index contributed by atoms with van der Waals surface area (Å²) in [6.45, 7) is 8.45. The van der Waals surface area contributed by atoms with Gasteiger partial charge in [-0.2, -0.15) is 9.47 Å². The van der Waals surface area contributed by atoms with E-state index in [1.54, 1.807) is 0 Å². The number of aryl methyl sites for hydroxylation is 1. The smallest absolute Gasteiger partial charge is 0.187 e. The molecule has 1 aromatic rings. The van der Waals surface area contributed by atoms with E-state index >= 15 is 0 Å². The molecule has 1 aliphatic rings. The number of hydrazone groups is 1. The lowest BCUT2D eigenvalue weighted by atomic mass is 9.78. The van der Waals surface area contributed by atoms with Crippen LogP contribution in [0.2, 0.25) is 0 Å². The molecule has 0 amide bonds. The Bertz CT molecular complexity index is 547. The first kappa shape index (κ1) is 17.1. The number of aromatic nitrogens is 1. The number of hydrogen-bond acceptors (Lipinski definition) is 5. The van der Waals surface area contributed by atoms with E-state index in [9.17, 15) is 0 Å². The van der Waals surface area contributed by atoms with Crippen LogP contribution in [0.1, 0.15) is 51.3 Å². The second kappa shape index (κ2) is 7.37. The quantitative estimate of drug-likeness (QED) is 0.448. The highest BCUT2D eigenvalue weighted by Gasteiger charge is 2.27. The predicted octanol–water partition coefficient (Wildman–Crippen LogP) is 3.05.